The first-order valence-corrected chi connectivity index (χ1v) is 12.0. The van der Waals surface area contributed by atoms with Gasteiger partial charge < -0.3 is 15.6 Å². The number of para-hydroxylation sites is 1. The summed E-state index contributed by atoms with van der Waals surface area (Å²) < 4.78 is 0. The van der Waals surface area contributed by atoms with Gasteiger partial charge in [0.05, 0.1) is 6.54 Å². The second-order valence-electron chi connectivity index (χ2n) is 8.81. The van der Waals surface area contributed by atoms with Crippen molar-refractivity contribution in [2.45, 2.75) is 57.0 Å². The molecular weight excluding hydrogens is 418 g/mol. The minimum absolute atomic E-state index is 0.185. The van der Waals surface area contributed by atoms with Crippen LogP contribution in [0.3, 0.4) is 0 Å². The maximum absolute atomic E-state index is 13.3. The van der Waals surface area contributed by atoms with Crippen LogP contribution in [0.4, 0.5) is 0 Å². The molecule has 0 aliphatic heterocycles. The summed E-state index contributed by atoms with van der Waals surface area (Å²) in [6.45, 7) is 0.461. The van der Waals surface area contributed by atoms with Crippen LogP contribution in [-0.2, 0) is 11.2 Å². The molecule has 1 aliphatic rings. The molecule has 4 nitrogen and oxygen atoms in total. The van der Waals surface area contributed by atoms with Crippen molar-refractivity contribution in [3.63, 3.8) is 0 Å². The number of halogens is 1. The van der Waals surface area contributed by atoms with Gasteiger partial charge in [-0.3, -0.25) is 4.79 Å². The Labute approximate surface area is 195 Å². The third kappa shape index (κ3) is 5.81. The molecule has 2 aromatic carbocycles. The Bertz CT molecular complexity index is 1050. The Morgan fingerprint density at radius 3 is 2.56 bits per heavy atom. The Morgan fingerprint density at radius 2 is 1.78 bits per heavy atom. The zero-order chi connectivity index (χ0) is 22.3. The molecule has 5 heteroatoms. The van der Waals surface area contributed by atoms with Gasteiger partial charge in [0.2, 0.25) is 5.91 Å². The Balaban J connectivity index is 1.41. The monoisotopic (exact) mass is 449 g/mol. The number of aryl methyl sites for hydroxylation is 1. The number of hydrogen-bond acceptors (Lipinski definition) is 2. The minimum atomic E-state index is 0.185. The molecule has 0 atom stereocenters. The predicted octanol–water partition coefficient (Wildman–Crippen LogP) is 5.87. The van der Waals surface area contributed by atoms with E-state index in [-0.39, 0.29) is 18.0 Å². The van der Waals surface area contributed by atoms with Crippen LogP contribution in [0.2, 0.25) is 0 Å². The fourth-order valence-corrected chi connectivity index (χ4v) is 4.94. The van der Waals surface area contributed by atoms with E-state index in [0.717, 1.165) is 49.6 Å². The number of amides is 1. The van der Waals surface area contributed by atoms with E-state index in [0.29, 0.717) is 18.0 Å². The molecule has 32 heavy (non-hydrogen) atoms. The maximum Gasteiger partial charge on any atom is 0.223 e. The molecule has 0 unspecified atom stereocenters. The van der Waals surface area contributed by atoms with Crippen LogP contribution in [0.5, 0.6) is 0 Å². The van der Waals surface area contributed by atoms with Crippen molar-refractivity contribution >= 4 is 34.5 Å². The summed E-state index contributed by atoms with van der Waals surface area (Å²) in [5, 5.41) is 1.93. The number of nitrogens with zero attached hydrogens (tertiary/aromatic N) is 1. The lowest BCUT2D eigenvalue weighted by Crippen LogP contribution is -2.44. The van der Waals surface area contributed by atoms with Crippen molar-refractivity contribution in [3.8, 4) is 0 Å². The van der Waals surface area contributed by atoms with Crippen LogP contribution in [-0.4, -0.2) is 34.4 Å². The van der Waals surface area contributed by atoms with Crippen LogP contribution >= 0.6 is 11.6 Å². The van der Waals surface area contributed by atoms with Gasteiger partial charge in [-0.1, -0.05) is 60.1 Å². The van der Waals surface area contributed by atoms with Gasteiger partial charge in [0.15, 0.2) is 0 Å². The molecule has 1 amide bonds. The topological polar surface area (TPSA) is 62.1 Å². The number of nitrogens with one attached hydrogen (secondary N) is 1. The summed E-state index contributed by atoms with van der Waals surface area (Å²) in [6.07, 6.45) is 10.1. The molecule has 3 aromatic rings. The van der Waals surface area contributed by atoms with E-state index in [2.05, 4.69) is 29.4 Å². The van der Waals surface area contributed by atoms with E-state index in [1.807, 2.05) is 47.4 Å². The number of aromatic amines is 1. The van der Waals surface area contributed by atoms with Gasteiger partial charge in [0.25, 0.3) is 0 Å². The summed E-state index contributed by atoms with van der Waals surface area (Å²) in [5.74, 6) is 0.185. The second-order valence-corrected chi connectivity index (χ2v) is 9.29. The lowest BCUT2D eigenvalue weighted by atomic mass is 9.90. The number of nitrogens with two attached hydrogens (primary N) is 1. The van der Waals surface area contributed by atoms with Crippen molar-refractivity contribution in [3.05, 3.63) is 77.0 Å². The first-order chi connectivity index (χ1) is 15.6. The molecular formula is C27H32ClN3O. The smallest absolute Gasteiger partial charge is 0.223 e. The molecule has 1 heterocycles. The fraction of sp³-hybridized carbons (Fsp3) is 0.370. The normalized spacial score (nSPS) is 19.2. The molecule has 0 spiro atoms. The molecule has 0 bridgehead atoms. The van der Waals surface area contributed by atoms with Crippen LogP contribution < -0.4 is 5.73 Å². The van der Waals surface area contributed by atoms with Crippen molar-refractivity contribution in [1.82, 2.24) is 9.88 Å². The number of hydrogen-bond donors (Lipinski definition) is 2. The molecule has 1 aliphatic carbocycles. The number of benzene rings is 2. The maximum atomic E-state index is 13.3. The van der Waals surface area contributed by atoms with Crippen molar-refractivity contribution < 1.29 is 4.79 Å². The number of H-pyrrole nitrogens is 1. The summed E-state index contributed by atoms with van der Waals surface area (Å²) in [5.41, 5.74) is 9.58. The Morgan fingerprint density at radius 1 is 1.06 bits per heavy atom. The summed E-state index contributed by atoms with van der Waals surface area (Å²) in [7, 11) is 0. The molecule has 0 radical (unpaired) electrons. The lowest BCUT2D eigenvalue weighted by Gasteiger charge is -2.36. The van der Waals surface area contributed by atoms with Crippen molar-refractivity contribution in [1.29, 1.82) is 0 Å². The number of carbonyl (C=O) groups excluding carboxylic acids is 1. The Hall–Kier alpha value is -2.56. The number of aromatic nitrogens is 1. The lowest BCUT2D eigenvalue weighted by molar-refractivity contribution is -0.133. The molecule has 4 rings (SSSR count). The van der Waals surface area contributed by atoms with Gasteiger partial charge in [-0.25, -0.2) is 0 Å². The number of rotatable bonds is 8. The van der Waals surface area contributed by atoms with Crippen LogP contribution in [0.25, 0.3) is 17.0 Å². The average Bonchev–Trinajstić information content (AvgIpc) is 3.22. The average molecular weight is 450 g/mol. The number of carbonyl (C=O) groups is 1. The first-order valence-electron chi connectivity index (χ1n) is 11.6. The van der Waals surface area contributed by atoms with E-state index >= 15 is 0 Å². The largest absolute Gasteiger partial charge is 0.361 e. The highest BCUT2D eigenvalue weighted by Gasteiger charge is 2.28. The SMILES string of the molecule is NC1CCC(N(C/C(Cl)=C/c2ccccc2)C(=O)CCCc2c[nH]c3ccccc23)CC1. The standard InChI is InChI=1S/C27H32ClN3O/c28-22(17-20-7-2-1-3-8-20)19-31(24-15-13-23(29)14-16-24)27(32)12-6-9-21-18-30-26-11-5-4-10-25(21)26/h1-5,7-8,10-11,17-18,23-24,30H,6,9,12-16,19,29H2/b22-17-. The van der Waals surface area contributed by atoms with Crippen molar-refractivity contribution in [2.75, 3.05) is 6.54 Å². The highest BCUT2D eigenvalue weighted by atomic mass is 35.5. The molecule has 0 saturated heterocycles. The van der Waals surface area contributed by atoms with E-state index in [9.17, 15) is 4.79 Å². The summed E-state index contributed by atoms with van der Waals surface area (Å²) >= 11 is 6.62. The van der Waals surface area contributed by atoms with E-state index in [4.69, 9.17) is 17.3 Å². The fourth-order valence-electron chi connectivity index (χ4n) is 4.68. The van der Waals surface area contributed by atoms with Gasteiger partial charge in [0.1, 0.15) is 0 Å². The summed E-state index contributed by atoms with van der Waals surface area (Å²) in [4.78, 5) is 18.6. The van der Waals surface area contributed by atoms with Gasteiger partial charge in [0, 0.05) is 40.6 Å². The van der Waals surface area contributed by atoms with Gasteiger partial charge in [-0.05, 0) is 61.8 Å². The molecule has 3 N–H and O–H groups in total. The first kappa shape index (κ1) is 22.6. The van der Waals surface area contributed by atoms with Gasteiger partial charge in [-0.15, -0.1) is 0 Å². The summed E-state index contributed by atoms with van der Waals surface area (Å²) in [6, 6.07) is 18.8. The third-order valence-corrected chi connectivity index (χ3v) is 6.69. The van der Waals surface area contributed by atoms with Crippen LogP contribution in [0.15, 0.2) is 65.8 Å². The molecule has 1 aromatic heterocycles. The van der Waals surface area contributed by atoms with Gasteiger partial charge >= 0.3 is 0 Å². The minimum Gasteiger partial charge on any atom is -0.361 e. The zero-order valence-corrected chi connectivity index (χ0v) is 19.2. The second kappa shape index (κ2) is 10.8. The van der Waals surface area contributed by atoms with E-state index < -0.39 is 0 Å². The highest BCUT2D eigenvalue weighted by molar-refractivity contribution is 6.31. The molecule has 168 valence electrons. The van der Waals surface area contributed by atoms with Gasteiger partial charge in [-0.2, -0.15) is 0 Å². The van der Waals surface area contributed by atoms with Crippen LogP contribution in [0, 0.1) is 0 Å². The van der Waals surface area contributed by atoms with Crippen molar-refractivity contribution in [2.24, 2.45) is 5.73 Å². The third-order valence-electron chi connectivity index (χ3n) is 6.46. The predicted molar refractivity (Wildman–Crippen MR) is 133 cm³/mol. The zero-order valence-electron chi connectivity index (χ0n) is 18.5. The highest BCUT2D eigenvalue weighted by Crippen LogP contribution is 2.26. The van der Waals surface area contributed by atoms with E-state index in [1.54, 1.807) is 0 Å². The quantitative estimate of drug-likeness (QED) is 0.451. The molecule has 1 fully saturated rings. The van der Waals surface area contributed by atoms with E-state index in [1.165, 1.54) is 10.9 Å². The molecule has 1 saturated carbocycles. The number of fused-ring (bicyclic) bond motifs is 1. The van der Waals surface area contributed by atoms with Crippen LogP contribution in [0.1, 0.15) is 49.7 Å². The Kier molecular flexibility index (Phi) is 7.67.